The highest BCUT2D eigenvalue weighted by Gasteiger charge is 2.46. The number of hydrogen-bond acceptors (Lipinski definition) is 2. The van der Waals surface area contributed by atoms with Gasteiger partial charge in [0.1, 0.15) is 0 Å². The quantitative estimate of drug-likeness (QED) is 0.890. The van der Waals surface area contributed by atoms with Crippen molar-refractivity contribution < 1.29 is 4.79 Å². The van der Waals surface area contributed by atoms with Gasteiger partial charge in [-0.2, -0.15) is 0 Å². The number of carbonyl (C=O) groups excluding carboxylic acids is 1. The Morgan fingerprint density at radius 3 is 2.71 bits per heavy atom. The molecule has 3 nitrogen and oxygen atoms in total. The summed E-state index contributed by atoms with van der Waals surface area (Å²) in [5.41, 5.74) is 6.98. The van der Waals surface area contributed by atoms with E-state index in [0.717, 1.165) is 42.7 Å². The van der Waals surface area contributed by atoms with Crippen LogP contribution < -0.4 is 11.1 Å². The van der Waals surface area contributed by atoms with Gasteiger partial charge in [-0.25, -0.2) is 0 Å². The van der Waals surface area contributed by atoms with Crippen molar-refractivity contribution >= 4 is 29.9 Å². The van der Waals surface area contributed by atoms with E-state index in [1.165, 1.54) is 0 Å². The summed E-state index contributed by atoms with van der Waals surface area (Å²) < 4.78 is 0. The number of hydrogen-bond donors (Lipinski definition) is 2. The van der Waals surface area contributed by atoms with Crippen LogP contribution in [0, 0.1) is 5.92 Å². The molecule has 2 saturated carbocycles. The Kier molecular flexibility index (Phi) is 5.18. The molecule has 2 aliphatic carbocycles. The predicted octanol–water partition coefficient (Wildman–Crippen LogP) is 3.38. The Bertz CT molecular complexity index is 517. The first-order valence-corrected chi connectivity index (χ1v) is 7.79. The molecule has 21 heavy (non-hydrogen) atoms. The maximum Gasteiger partial charge on any atom is 0.221 e. The second-order valence-corrected chi connectivity index (χ2v) is 6.64. The zero-order valence-corrected chi connectivity index (χ0v) is 13.6. The van der Waals surface area contributed by atoms with Crippen LogP contribution in [0.1, 0.15) is 44.1 Å². The first kappa shape index (κ1) is 16.6. The van der Waals surface area contributed by atoms with Crippen molar-refractivity contribution in [3.63, 3.8) is 0 Å². The van der Waals surface area contributed by atoms with Gasteiger partial charge in [-0.1, -0.05) is 30.2 Å². The molecule has 3 N–H and O–H groups in total. The third kappa shape index (κ3) is 3.71. The average Bonchev–Trinajstić information content (AvgIpc) is 3.08. The maximum absolute atomic E-state index is 12.3. The van der Waals surface area contributed by atoms with Gasteiger partial charge in [0.2, 0.25) is 5.91 Å². The van der Waals surface area contributed by atoms with Crippen LogP contribution in [-0.2, 0) is 10.3 Å². The minimum Gasteiger partial charge on any atom is -0.347 e. The van der Waals surface area contributed by atoms with Crippen LogP contribution in [0.5, 0.6) is 0 Å². The van der Waals surface area contributed by atoms with Crippen molar-refractivity contribution in [3.8, 4) is 0 Å². The molecule has 0 aromatic heterocycles. The summed E-state index contributed by atoms with van der Waals surface area (Å²) in [6.07, 6.45) is 5.84. The summed E-state index contributed by atoms with van der Waals surface area (Å²) in [6, 6.07) is 8.00. The van der Waals surface area contributed by atoms with E-state index in [2.05, 4.69) is 5.32 Å². The average molecular weight is 329 g/mol. The molecule has 0 saturated heterocycles. The fourth-order valence-electron chi connectivity index (χ4n) is 3.27. The molecule has 1 aromatic carbocycles. The van der Waals surface area contributed by atoms with Crippen LogP contribution in [0.15, 0.2) is 24.3 Å². The van der Waals surface area contributed by atoms with E-state index in [0.29, 0.717) is 12.3 Å². The van der Waals surface area contributed by atoms with Crippen LogP contribution >= 0.6 is 24.0 Å². The molecule has 0 spiro atoms. The van der Waals surface area contributed by atoms with Crippen molar-refractivity contribution in [2.24, 2.45) is 11.7 Å². The molecule has 2 aliphatic rings. The molecule has 1 amide bonds. The second-order valence-electron chi connectivity index (χ2n) is 6.20. The second kappa shape index (κ2) is 6.55. The number of benzene rings is 1. The molecular formula is C16H22Cl2N2O. The lowest BCUT2D eigenvalue weighted by atomic mass is 9.98. The Labute approximate surface area is 137 Å². The predicted molar refractivity (Wildman–Crippen MR) is 87.7 cm³/mol. The largest absolute Gasteiger partial charge is 0.347 e. The standard InChI is InChI=1S/C16H21ClN2O.ClH/c17-13-5-2-4-12(10-13)16(7-8-16)19-15(20)9-11-3-1-6-14(11)18;/h2,4-5,10-11,14H,1,3,6-9,18H2,(H,19,20);1H/t11-,14+;/m0./s1. The van der Waals surface area contributed by atoms with Gasteiger partial charge in [-0.05, 0) is 49.3 Å². The first-order valence-electron chi connectivity index (χ1n) is 7.42. The minimum absolute atomic E-state index is 0. The zero-order valence-electron chi connectivity index (χ0n) is 12.0. The lowest BCUT2D eigenvalue weighted by Gasteiger charge is -2.21. The summed E-state index contributed by atoms with van der Waals surface area (Å²) in [6.45, 7) is 0. The van der Waals surface area contributed by atoms with Crippen LogP contribution in [0.3, 0.4) is 0 Å². The normalized spacial score (nSPS) is 26.0. The summed E-state index contributed by atoms with van der Waals surface area (Å²) in [5, 5.41) is 3.93. The fourth-order valence-corrected chi connectivity index (χ4v) is 3.46. The molecule has 3 rings (SSSR count). The number of nitrogens with two attached hydrogens (primary N) is 1. The summed E-state index contributed by atoms with van der Waals surface area (Å²) in [5.74, 6) is 0.481. The highest BCUT2D eigenvalue weighted by atomic mass is 35.5. The van der Waals surface area contributed by atoms with Crippen molar-refractivity contribution in [1.82, 2.24) is 5.32 Å². The van der Waals surface area contributed by atoms with Gasteiger partial charge in [-0.3, -0.25) is 4.79 Å². The smallest absolute Gasteiger partial charge is 0.221 e. The topological polar surface area (TPSA) is 55.1 Å². The molecule has 5 heteroatoms. The molecule has 1 aromatic rings. The van der Waals surface area contributed by atoms with E-state index >= 15 is 0 Å². The minimum atomic E-state index is -0.176. The Hall–Kier alpha value is -0.770. The van der Waals surface area contributed by atoms with E-state index in [-0.39, 0.29) is 29.9 Å². The van der Waals surface area contributed by atoms with E-state index in [1.807, 2.05) is 24.3 Å². The monoisotopic (exact) mass is 328 g/mol. The Morgan fingerprint density at radius 1 is 1.38 bits per heavy atom. The molecule has 2 fully saturated rings. The molecule has 0 aliphatic heterocycles. The maximum atomic E-state index is 12.3. The lowest BCUT2D eigenvalue weighted by molar-refractivity contribution is -0.123. The van der Waals surface area contributed by atoms with E-state index in [1.54, 1.807) is 0 Å². The Morgan fingerprint density at radius 2 is 2.14 bits per heavy atom. The van der Waals surface area contributed by atoms with Gasteiger partial charge < -0.3 is 11.1 Å². The number of rotatable bonds is 4. The van der Waals surface area contributed by atoms with Crippen molar-refractivity contribution in [2.75, 3.05) is 0 Å². The third-order valence-corrected chi connectivity index (χ3v) is 4.91. The number of halogens is 2. The van der Waals surface area contributed by atoms with E-state index < -0.39 is 0 Å². The molecular weight excluding hydrogens is 307 g/mol. The van der Waals surface area contributed by atoms with Crippen molar-refractivity contribution in [1.29, 1.82) is 0 Å². The Balaban J connectivity index is 0.00000161. The van der Waals surface area contributed by atoms with Crippen LogP contribution in [0.2, 0.25) is 5.02 Å². The highest BCUT2D eigenvalue weighted by Crippen LogP contribution is 2.46. The highest BCUT2D eigenvalue weighted by molar-refractivity contribution is 6.30. The SMILES string of the molecule is Cl.N[C@@H]1CCC[C@H]1CC(=O)NC1(c2cccc(Cl)c2)CC1. The number of nitrogens with one attached hydrogen (secondary N) is 1. The van der Waals surface area contributed by atoms with Crippen LogP contribution in [0.4, 0.5) is 0 Å². The number of carbonyl (C=O) groups is 1. The molecule has 0 heterocycles. The fraction of sp³-hybridized carbons (Fsp3) is 0.562. The first-order chi connectivity index (χ1) is 9.59. The van der Waals surface area contributed by atoms with Gasteiger partial charge in [0.05, 0.1) is 5.54 Å². The molecule has 0 radical (unpaired) electrons. The molecule has 0 unspecified atom stereocenters. The van der Waals surface area contributed by atoms with E-state index in [4.69, 9.17) is 17.3 Å². The lowest BCUT2D eigenvalue weighted by Crippen LogP contribution is -2.37. The zero-order chi connectivity index (χ0) is 14.2. The van der Waals surface area contributed by atoms with Gasteiger partial charge in [0.15, 0.2) is 0 Å². The third-order valence-electron chi connectivity index (χ3n) is 4.67. The van der Waals surface area contributed by atoms with Crippen molar-refractivity contribution in [2.45, 2.75) is 50.1 Å². The van der Waals surface area contributed by atoms with Gasteiger partial charge in [0.25, 0.3) is 0 Å². The summed E-state index contributed by atoms with van der Waals surface area (Å²) in [7, 11) is 0. The van der Waals surface area contributed by atoms with Crippen molar-refractivity contribution in [3.05, 3.63) is 34.9 Å². The van der Waals surface area contributed by atoms with Crippen LogP contribution in [-0.4, -0.2) is 11.9 Å². The van der Waals surface area contributed by atoms with Gasteiger partial charge in [0, 0.05) is 17.5 Å². The van der Waals surface area contributed by atoms with E-state index in [9.17, 15) is 4.79 Å². The van der Waals surface area contributed by atoms with Gasteiger partial charge >= 0.3 is 0 Å². The molecule has 0 bridgehead atoms. The summed E-state index contributed by atoms with van der Waals surface area (Å²) in [4.78, 5) is 12.3. The molecule has 116 valence electrons. The van der Waals surface area contributed by atoms with Crippen LogP contribution in [0.25, 0.3) is 0 Å². The van der Waals surface area contributed by atoms with Gasteiger partial charge in [-0.15, -0.1) is 12.4 Å². The summed E-state index contributed by atoms with van der Waals surface area (Å²) >= 11 is 6.04. The molecule has 2 atom stereocenters. The number of amides is 1.